The summed E-state index contributed by atoms with van der Waals surface area (Å²) in [4.78, 5) is 1.16. The van der Waals surface area contributed by atoms with E-state index in [4.69, 9.17) is 10.5 Å². The van der Waals surface area contributed by atoms with Crippen LogP contribution in [-0.2, 0) is 6.54 Å². The molecule has 3 rings (SSSR count). The molecule has 3 heteroatoms. The Hall–Kier alpha value is -1.97. The Kier molecular flexibility index (Phi) is 4.13. The second-order valence-electron chi connectivity index (χ2n) is 4.75. The number of hydrogen-bond acceptors (Lipinski definition) is 3. The first-order valence-corrected chi connectivity index (χ1v) is 8.07. The number of benzene rings is 3. The van der Waals surface area contributed by atoms with Crippen LogP contribution in [0.25, 0.3) is 10.8 Å². The Balaban J connectivity index is 1.98. The number of hydrogen-bond donors (Lipinski definition) is 1. The standard InChI is InChI=1S/C18H17NOS/c1-21-18-8-4-7-17(16(18)12-19)20-15-10-9-13-5-2-3-6-14(13)11-15/h2-11H,12,19H2,1H3. The lowest BCUT2D eigenvalue weighted by Gasteiger charge is -2.13. The summed E-state index contributed by atoms with van der Waals surface area (Å²) in [5.41, 5.74) is 6.93. The van der Waals surface area contributed by atoms with Gasteiger partial charge in [-0.3, -0.25) is 0 Å². The molecule has 0 saturated heterocycles. The quantitative estimate of drug-likeness (QED) is 0.701. The van der Waals surface area contributed by atoms with Crippen molar-refractivity contribution in [3.05, 3.63) is 66.2 Å². The molecular formula is C18H17NOS. The molecular weight excluding hydrogens is 278 g/mol. The number of ether oxygens (including phenoxy) is 1. The fourth-order valence-electron chi connectivity index (χ4n) is 2.39. The van der Waals surface area contributed by atoms with Gasteiger partial charge in [-0.1, -0.05) is 36.4 Å². The van der Waals surface area contributed by atoms with Gasteiger partial charge < -0.3 is 10.5 Å². The van der Waals surface area contributed by atoms with Crippen LogP contribution in [0.15, 0.2) is 65.6 Å². The number of nitrogens with two attached hydrogens (primary N) is 1. The molecule has 0 bridgehead atoms. The van der Waals surface area contributed by atoms with Gasteiger partial charge in [-0.2, -0.15) is 0 Å². The summed E-state index contributed by atoms with van der Waals surface area (Å²) in [7, 11) is 0. The number of thioether (sulfide) groups is 1. The fraction of sp³-hybridized carbons (Fsp3) is 0.111. The first-order chi connectivity index (χ1) is 10.3. The van der Waals surface area contributed by atoms with Gasteiger partial charge >= 0.3 is 0 Å². The maximum absolute atomic E-state index is 6.06. The van der Waals surface area contributed by atoms with Crippen molar-refractivity contribution in [3.8, 4) is 11.5 Å². The SMILES string of the molecule is CSc1cccc(Oc2ccc3ccccc3c2)c1CN. The molecule has 0 amide bonds. The Morgan fingerprint density at radius 2 is 1.76 bits per heavy atom. The van der Waals surface area contributed by atoms with Gasteiger partial charge in [0.25, 0.3) is 0 Å². The zero-order valence-corrected chi connectivity index (χ0v) is 12.7. The highest BCUT2D eigenvalue weighted by molar-refractivity contribution is 7.98. The molecule has 3 aromatic rings. The van der Waals surface area contributed by atoms with Crippen molar-refractivity contribution in [1.29, 1.82) is 0 Å². The lowest BCUT2D eigenvalue weighted by molar-refractivity contribution is 0.475. The summed E-state index contributed by atoms with van der Waals surface area (Å²) in [5, 5.41) is 2.38. The topological polar surface area (TPSA) is 35.2 Å². The highest BCUT2D eigenvalue weighted by atomic mass is 32.2. The van der Waals surface area contributed by atoms with Gasteiger partial charge in [0.1, 0.15) is 11.5 Å². The van der Waals surface area contributed by atoms with E-state index < -0.39 is 0 Å². The first kappa shape index (κ1) is 14.0. The molecule has 106 valence electrons. The molecule has 0 aliphatic carbocycles. The van der Waals surface area contributed by atoms with Crippen molar-refractivity contribution >= 4 is 22.5 Å². The van der Waals surface area contributed by atoms with E-state index in [2.05, 4.69) is 30.3 Å². The predicted molar refractivity (Wildman–Crippen MR) is 90.1 cm³/mol. The third-order valence-electron chi connectivity index (χ3n) is 3.46. The van der Waals surface area contributed by atoms with Crippen LogP contribution in [0.1, 0.15) is 5.56 Å². The molecule has 0 spiro atoms. The van der Waals surface area contributed by atoms with E-state index in [-0.39, 0.29) is 0 Å². The number of rotatable bonds is 4. The molecule has 0 aliphatic heterocycles. The molecule has 2 nitrogen and oxygen atoms in total. The summed E-state index contributed by atoms with van der Waals surface area (Å²) in [6.07, 6.45) is 2.05. The van der Waals surface area contributed by atoms with Gasteiger partial charge in [0.15, 0.2) is 0 Å². The predicted octanol–water partition coefficient (Wildman–Crippen LogP) is 4.81. The Morgan fingerprint density at radius 3 is 2.52 bits per heavy atom. The maximum atomic E-state index is 6.06. The second-order valence-corrected chi connectivity index (χ2v) is 5.60. The van der Waals surface area contributed by atoms with Crippen molar-refractivity contribution in [2.45, 2.75) is 11.4 Å². The van der Waals surface area contributed by atoms with Crippen LogP contribution < -0.4 is 10.5 Å². The lowest BCUT2D eigenvalue weighted by atomic mass is 10.1. The van der Waals surface area contributed by atoms with Gasteiger partial charge in [0, 0.05) is 17.0 Å². The maximum Gasteiger partial charge on any atom is 0.133 e. The van der Waals surface area contributed by atoms with Crippen LogP contribution in [0.5, 0.6) is 11.5 Å². The normalized spacial score (nSPS) is 10.8. The fourth-order valence-corrected chi connectivity index (χ4v) is 3.04. The molecule has 0 unspecified atom stereocenters. The Bertz CT molecular complexity index is 770. The lowest BCUT2D eigenvalue weighted by Crippen LogP contribution is -2.01. The molecule has 0 saturated carbocycles. The van der Waals surface area contributed by atoms with Crippen molar-refractivity contribution in [2.24, 2.45) is 5.73 Å². The molecule has 2 N–H and O–H groups in total. The zero-order valence-electron chi connectivity index (χ0n) is 11.9. The summed E-state index contributed by atoms with van der Waals surface area (Å²) < 4.78 is 6.06. The Morgan fingerprint density at radius 1 is 0.952 bits per heavy atom. The van der Waals surface area contributed by atoms with Crippen LogP contribution in [0.3, 0.4) is 0 Å². The van der Waals surface area contributed by atoms with Gasteiger partial charge in [-0.05, 0) is 41.3 Å². The largest absolute Gasteiger partial charge is 0.457 e. The van der Waals surface area contributed by atoms with Gasteiger partial charge in [0.05, 0.1) is 0 Å². The third-order valence-corrected chi connectivity index (χ3v) is 4.29. The van der Waals surface area contributed by atoms with E-state index >= 15 is 0 Å². The van der Waals surface area contributed by atoms with Crippen molar-refractivity contribution in [1.82, 2.24) is 0 Å². The molecule has 0 aromatic heterocycles. The molecule has 0 atom stereocenters. The minimum atomic E-state index is 0.472. The van der Waals surface area contributed by atoms with Crippen molar-refractivity contribution < 1.29 is 4.74 Å². The summed E-state index contributed by atoms with van der Waals surface area (Å²) in [6, 6.07) is 20.4. The summed E-state index contributed by atoms with van der Waals surface area (Å²) >= 11 is 1.69. The van der Waals surface area contributed by atoms with E-state index in [1.165, 1.54) is 10.8 Å². The van der Waals surface area contributed by atoms with Crippen LogP contribution >= 0.6 is 11.8 Å². The van der Waals surface area contributed by atoms with Crippen molar-refractivity contribution in [2.75, 3.05) is 6.26 Å². The molecule has 0 aliphatic rings. The van der Waals surface area contributed by atoms with Gasteiger partial charge in [0.2, 0.25) is 0 Å². The van der Waals surface area contributed by atoms with Gasteiger partial charge in [-0.25, -0.2) is 0 Å². The van der Waals surface area contributed by atoms with Crippen LogP contribution in [-0.4, -0.2) is 6.26 Å². The average molecular weight is 295 g/mol. The highest BCUT2D eigenvalue weighted by Crippen LogP contribution is 2.32. The van der Waals surface area contributed by atoms with Crippen LogP contribution in [0, 0.1) is 0 Å². The average Bonchev–Trinajstić information content (AvgIpc) is 2.54. The highest BCUT2D eigenvalue weighted by Gasteiger charge is 2.08. The summed E-state index contributed by atoms with van der Waals surface area (Å²) in [6.45, 7) is 0.472. The van der Waals surface area contributed by atoms with Crippen molar-refractivity contribution in [3.63, 3.8) is 0 Å². The minimum Gasteiger partial charge on any atom is -0.457 e. The number of fused-ring (bicyclic) bond motifs is 1. The third kappa shape index (κ3) is 2.89. The molecule has 0 heterocycles. The zero-order chi connectivity index (χ0) is 14.7. The van der Waals surface area contributed by atoms with E-state index in [9.17, 15) is 0 Å². The smallest absolute Gasteiger partial charge is 0.133 e. The first-order valence-electron chi connectivity index (χ1n) is 6.84. The van der Waals surface area contributed by atoms with E-state index in [0.717, 1.165) is 22.0 Å². The van der Waals surface area contributed by atoms with E-state index in [1.807, 2.05) is 36.6 Å². The molecule has 0 fully saturated rings. The minimum absolute atomic E-state index is 0.472. The molecule has 0 radical (unpaired) electrons. The Labute approximate surface area is 128 Å². The van der Waals surface area contributed by atoms with E-state index in [1.54, 1.807) is 11.8 Å². The van der Waals surface area contributed by atoms with Crippen LogP contribution in [0.2, 0.25) is 0 Å². The molecule has 3 aromatic carbocycles. The second kappa shape index (κ2) is 6.20. The van der Waals surface area contributed by atoms with Gasteiger partial charge in [-0.15, -0.1) is 11.8 Å². The van der Waals surface area contributed by atoms with E-state index in [0.29, 0.717) is 6.54 Å². The molecule has 21 heavy (non-hydrogen) atoms. The summed E-state index contributed by atoms with van der Waals surface area (Å²) in [5.74, 6) is 1.67. The monoisotopic (exact) mass is 295 g/mol. The van der Waals surface area contributed by atoms with Crippen LogP contribution in [0.4, 0.5) is 0 Å².